The lowest BCUT2D eigenvalue weighted by molar-refractivity contribution is -0.124. The molecule has 0 spiro atoms. The van der Waals surface area contributed by atoms with Crippen molar-refractivity contribution in [3.8, 4) is 0 Å². The van der Waals surface area contributed by atoms with Gasteiger partial charge in [0.15, 0.2) is 0 Å². The molecule has 0 aromatic heterocycles. The van der Waals surface area contributed by atoms with Crippen molar-refractivity contribution in [3.63, 3.8) is 0 Å². The molecule has 4 N–H and O–H groups in total. The minimum atomic E-state index is -0.276. The predicted molar refractivity (Wildman–Crippen MR) is 96.0 cm³/mol. The van der Waals surface area contributed by atoms with Crippen molar-refractivity contribution in [1.29, 1.82) is 0 Å². The van der Waals surface area contributed by atoms with Crippen molar-refractivity contribution in [2.24, 2.45) is 11.1 Å². The fourth-order valence-electron chi connectivity index (χ4n) is 2.80. The van der Waals surface area contributed by atoms with Gasteiger partial charge in [0.25, 0.3) is 0 Å². The van der Waals surface area contributed by atoms with Crippen molar-refractivity contribution in [1.82, 2.24) is 10.2 Å². The molecule has 1 fully saturated rings. The van der Waals surface area contributed by atoms with E-state index in [2.05, 4.69) is 22.5 Å². The van der Waals surface area contributed by atoms with Crippen molar-refractivity contribution in [3.05, 3.63) is 28.8 Å². The fraction of sp³-hybridized carbons (Fsp3) is 0.529. The number of anilines is 1. The summed E-state index contributed by atoms with van der Waals surface area (Å²) in [6.45, 7) is 6.47. The molecule has 1 aromatic carbocycles. The van der Waals surface area contributed by atoms with Gasteiger partial charge in [0.1, 0.15) is 0 Å². The minimum absolute atomic E-state index is 0.0627. The number of carbonyl (C=O) groups excluding carboxylic acids is 2. The van der Waals surface area contributed by atoms with Crippen LogP contribution >= 0.6 is 11.6 Å². The molecule has 1 unspecified atom stereocenters. The Morgan fingerprint density at radius 1 is 1.38 bits per heavy atom. The smallest absolute Gasteiger partial charge is 0.243 e. The van der Waals surface area contributed by atoms with E-state index in [0.717, 1.165) is 25.1 Å². The van der Waals surface area contributed by atoms with Gasteiger partial charge in [-0.25, -0.2) is 0 Å². The van der Waals surface area contributed by atoms with Crippen LogP contribution in [0.15, 0.2) is 18.2 Å². The first kappa shape index (κ1) is 18.7. The Balaban J connectivity index is 1.76. The van der Waals surface area contributed by atoms with Crippen LogP contribution in [0.3, 0.4) is 0 Å². The van der Waals surface area contributed by atoms with E-state index in [4.69, 9.17) is 17.3 Å². The van der Waals surface area contributed by atoms with E-state index in [0.29, 0.717) is 23.8 Å². The van der Waals surface area contributed by atoms with Gasteiger partial charge in [-0.2, -0.15) is 0 Å². The van der Waals surface area contributed by atoms with Crippen LogP contribution < -0.4 is 16.4 Å². The minimum Gasteiger partial charge on any atom is -0.346 e. The second-order valence-electron chi connectivity index (χ2n) is 6.71. The molecule has 24 heavy (non-hydrogen) atoms. The Labute approximate surface area is 147 Å². The number of nitrogens with one attached hydrogen (secondary N) is 2. The van der Waals surface area contributed by atoms with Crippen LogP contribution in [0.1, 0.15) is 18.9 Å². The van der Waals surface area contributed by atoms with Gasteiger partial charge in [-0.3, -0.25) is 14.5 Å². The molecule has 0 aliphatic carbocycles. The molecule has 7 heteroatoms. The summed E-state index contributed by atoms with van der Waals surface area (Å²) >= 11 is 6.02. The quantitative estimate of drug-likeness (QED) is 0.721. The number of carbonyl (C=O) groups is 2. The Hall–Kier alpha value is -1.63. The van der Waals surface area contributed by atoms with E-state index in [1.165, 1.54) is 0 Å². The molecule has 0 radical (unpaired) electrons. The van der Waals surface area contributed by atoms with Gasteiger partial charge >= 0.3 is 0 Å². The van der Waals surface area contributed by atoms with Crippen LogP contribution in [0.5, 0.6) is 0 Å². The second-order valence-corrected chi connectivity index (χ2v) is 7.12. The van der Waals surface area contributed by atoms with E-state index < -0.39 is 0 Å². The molecule has 2 amide bonds. The SMILES string of the molecule is Cc1c(Cl)cccc1NC(=O)CNC(=O)CN1CCC(C)(CN)C1. The van der Waals surface area contributed by atoms with E-state index in [1.54, 1.807) is 18.2 Å². The normalized spacial score (nSPS) is 20.8. The lowest BCUT2D eigenvalue weighted by atomic mass is 9.90. The Kier molecular flexibility index (Phi) is 6.21. The van der Waals surface area contributed by atoms with Gasteiger partial charge < -0.3 is 16.4 Å². The van der Waals surface area contributed by atoms with Gasteiger partial charge in [0.05, 0.1) is 13.1 Å². The molecule has 1 atom stereocenters. The number of nitrogens with two attached hydrogens (primary N) is 1. The summed E-state index contributed by atoms with van der Waals surface area (Å²) in [4.78, 5) is 26.0. The summed E-state index contributed by atoms with van der Waals surface area (Å²) < 4.78 is 0. The maximum atomic E-state index is 12.0. The Bertz CT molecular complexity index is 623. The zero-order chi connectivity index (χ0) is 17.7. The number of likely N-dealkylation sites (tertiary alicyclic amines) is 1. The van der Waals surface area contributed by atoms with Crippen molar-refractivity contribution >= 4 is 29.1 Å². The standard InChI is InChI=1S/C17H25ClN4O2/c1-12-13(18)4-3-5-14(12)21-15(23)8-20-16(24)9-22-7-6-17(2,10-19)11-22/h3-5H,6-11,19H2,1-2H3,(H,20,24)(H,21,23). The van der Waals surface area contributed by atoms with Crippen LogP contribution in [0.25, 0.3) is 0 Å². The first-order chi connectivity index (χ1) is 11.3. The maximum absolute atomic E-state index is 12.0. The molecule has 2 rings (SSSR count). The molecule has 0 saturated carbocycles. The Morgan fingerprint density at radius 2 is 2.12 bits per heavy atom. The number of nitrogens with zero attached hydrogens (tertiary/aromatic N) is 1. The summed E-state index contributed by atoms with van der Waals surface area (Å²) in [5, 5.41) is 6.00. The van der Waals surface area contributed by atoms with Gasteiger partial charge in [-0.15, -0.1) is 0 Å². The topological polar surface area (TPSA) is 87.5 Å². The molecule has 1 saturated heterocycles. The van der Waals surface area contributed by atoms with Crippen LogP contribution in [0, 0.1) is 12.3 Å². The van der Waals surface area contributed by atoms with E-state index in [9.17, 15) is 9.59 Å². The van der Waals surface area contributed by atoms with Gasteiger partial charge in [0.2, 0.25) is 11.8 Å². The molecule has 6 nitrogen and oxygen atoms in total. The number of halogens is 1. The van der Waals surface area contributed by atoms with Crippen LogP contribution in [0.4, 0.5) is 5.69 Å². The highest BCUT2D eigenvalue weighted by Gasteiger charge is 2.33. The number of hydrogen-bond acceptors (Lipinski definition) is 4. The van der Waals surface area contributed by atoms with Crippen LogP contribution in [-0.2, 0) is 9.59 Å². The van der Waals surface area contributed by atoms with Gasteiger partial charge in [0, 0.05) is 17.3 Å². The molecule has 1 heterocycles. The second kappa shape index (κ2) is 7.96. The van der Waals surface area contributed by atoms with Gasteiger partial charge in [-0.1, -0.05) is 24.6 Å². The molecular formula is C17H25ClN4O2. The third-order valence-corrected chi connectivity index (χ3v) is 4.89. The maximum Gasteiger partial charge on any atom is 0.243 e. The van der Waals surface area contributed by atoms with E-state index >= 15 is 0 Å². The highest BCUT2D eigenvalue weighted by molar-refractivity contribution is 6.31. The number of rotatable bonds is 6. The average molecular weight is 353 g/mol. The van der Waals surface area contributed by atoms with Crippen molar-refractivity contribution < 1.29 is 9.59 Å². The Morgan fingerprint density at radius 3 is 2.79 bits per heavy atom. The monoisotopic (exact) mass is 352 g/mol. The summed E-state index contributed by atoms with van der Waals surface area (Å²) in [6.07, 6.45) is 0.991. The summed E-state index contributed by atoms with van der Waals surface area (Å²) in [5.41, 5.74) is 7.31. The van der Waals surface area contributed by atoms with Crippen molar-refractivity contribution in [2.45, 2.75) is 20.3 Å². The average Bonchev–Trinajstić information content (AvgIpc) is 2.92. The highest BCUT2D eigenvalue weighted by Crippen LogP contribution is 2.28. The predicted octanol–water partition coefficient (Wildman–Crippen LogP) is 1.37. The zero-order valence-electron chi connectivity index (χ0n) is 14.2. The van der Waals surface area contributed by atoms with E-state index in [-0.39, 0.29) is 23.8 Å². The van der Waals surface area contributed by atoms with Crippen LogP contribution in [-0.4, -0.2) is 49.4 Å². The lowest BCUT2D eigenvalue weighted by Crippen LogP contribution is -2.41. The van der Waals surface area contributed by atoms with Gasteiger partial charge in [-0.05, 0) is 49.5 Å². The number of benzene rings is 1. The number of amides is 2. The molecule has 1 aromatic rings. The van der Waals surface area contributed by atoms with E-state index in [1.807, 2.05) is 6.92 Å². The first-order valence-corrected chi connectivity index (χ1v) is 8.45. The molecule has 0 bridgehead atoms. The first-order valence-electron chi connectivity index (χ1n) is 8.07. The third-order valence-electron chi connectivity index (χ3n) is 4.48. The van der Waals surface area contributed by atoms with Crippen molar-refractivity contribution in [2.75, 3.05) is 38.0 Å². The molecular weight excluding hydrogens is 328 g/mol. The number of hydrogen-bond donors (Lipinski definition) is 3. The fourth-order valence-corrected chi connectivity index (χ4v) is 2.98. The highest BCUT2D eigenvalue weighted by atomic mass is 35.5. The summed E-state index contributed by atoms with van der Waals surface area (Å²) in [5.74, 6) is -0.434. The molecule has 1 aliphatic rings. The molecule has 132 valence electrons. The summed E-state index contributed by atoms with van der Waals surface area (Å²) in [7, 11) is 0. The van der Waals surface area contributed by atoms with Crippen LogP contribution in [0.2, 0.25) is 5.02 Å². The zero-order valence-corrected chi connectivity index (χ0v) is 14.9. The third kappa shape index (κ3) is 4.93. The lowest BCUT2D eigenvalue weighted by Gasteiger charge is -2.22. The summed E-state index contributed by atoms with van der Waals surface area (Å²) in [6, 6.07) is 5.31. The molecule has 1 aliphatic heterocycles. The largest absolute Gasteiger partial charge is 0.346 e.